The first-order valence-corrected chi connectivity index (χ1v) is 6.60. The first-order chi connectivity index (χ1) is 6.86. The lowest BCUT2D eigenvalue weighted by Crippen LogP contribution is -2.30. The van der Waals surface area contributed by atoms with Gasteiger partial charge in [0.1, 0.15) is 0 Å². The lowest BCUT2D eigenvalue weighted by Gasteiger charge is -2.27. The van der Waals surface area contributed by atoms with Gasteiger partial charge >= 0.3 is 0 Å². The second-order valence-corrected chi connectivity index (χ2v) is 4.81. The minimum absolute atomic E-state index is 0.806. The lowest BCUT2D eigenvalue weighted by molar-refractivity contribution is 0.271. The molecule has 0 saturated heterocycles. The second kappa shape index (κ2) is 7.28. The van der Waals surface area contributed by atoms with Crippen LogP contribution in [0.5, 0.6) is 0 Å². The van der Waals surface area contributed by atoms with Crippen LogP contribution in [-0.2, 0) is 0 Å². The molecule has 1 atom stereocenters. The van der Waals surface area contributed by atoms with Gasteiger partial charge in [-0.2, -0.15) is 0 Å². The van der Waals surface area contributed by atoms with E-state index in [9.17, 15) is 0 Å². The molecule has 1 nitrogen and oxygen atoms in total. The Morgan fingerprint density at radius 3 is 2.43 bits per heavy atom. The fourth-order valence-corrected chi connectivity index (χ4v) is 2.26. The van der Waals surface area contributed by atoms with Crippen molar-refractivity contribution < 1.29 is 0 Å². The third kappa shape index (κ3) is 4.45. The van der Waals surface area contributed by atoms with E-state index in [1.165, 1.54) is 57.9 Å². The highest BCUT2D eigenvalue weighted by atomic mass is 14.9. The molecule has 0 radical (unpaired) electrons. The van der Waals surface area contributed by atoms with E-state index >= 15 is 0 Å². The Morgan fingerprint density at radius 2 is 1.93 bits per heavy atom. The van der Waals surface area contributed by atoms with E-state index in [0.29, 0.717) is 0 Å². The minimum atomic E-state index is 0.806. The standard InChI is InChI=1S/C13H27N/c1-3-6-13(14-11-4-2)10-9-12-7-5-8-12/h12-14H,3-11H2,1-2H3. The smallest absolute Gasteiger partial charge is 0.00670 e. The molecule has 0 bridgehead atoms. The minimum Gasteiger partial charge on any atom is -0.314 e. The molecule has 0 aromatic heterocycles. The third-order valence-corrected chi connectivity index (χ3v) is 3.47. The lowest BCUT2D eigenvalue weighted by atomic mass is 9.81. The molecule has 1 fully saturated rings. The van der Waals surface area contributed by atoms with Crippen LogP contribution in [0.25, 0.3) is 0 Å². The van der Waals surface area contributed by atoms with E-state index in [1.54, 1.807) is 0 Å². The van der Waals surface area contributed by atoms with Gasteiger partial charge in [0, 0.05) is 6.04 Å². The van der Waals surface area contributed by atoms with Gasteiger partial charge in [0.25, 0.3) is 0 Å². The van der Waals surface area contributed by atoms with Crippen molar-refractivity contribution in [1.82, 2.24) is 5.32 Å². The molecule has 1 unspecified atom stereocenters. The summed E-state index contributed by atoms with van der Waals surface area (Å²) in [6.07, 6.45) is 11.4. The average Bonchev–Trinajstić information content (AvgIpc) is 2.11. The fraction of sp³-hybridized carbons (Fsp3) is 1.00. The van der Waals surface area contributed by atoms with E-state index < -0.39 is 0 Å². The number of hydrogen-bond acceptors (Lipinski definition) is 1. The van der Waals surface area contributed by atoms with Gasteiger partial charge in [-0.05, 0) is 38.1 Å². The zero-order valence-corrected chi connectivity index (χ0v) is 10.0. The summed E-state index contributed by atoms with van der Waals surface area (Å²) in [7, 11) is 0. The summed E-state index contributed by atoms with van der Waals surface area (Å²) in [5.41, 5.74) is 0. The molecule has 1 aliphatic rings. The Labute approximate surface area is 89.7 Å². The maximum Gasteiger partial charge on any atom is 0.00670 e. The van der Waals surface area contributed by atoms with Gasteiger partial charge < -0.3 is 5.32 Å². The van der Waals surface area contributed by atoms with Crippen LogP contribution in [-0.4, -0.2) is 12.6 Å². The Bertz CT molecular complexity index is 129. The molecule has 0 heterocycles. The molecule has 0 aliphatic heterocycles. The highest BCUT2D eigenvalue weighted by Crippen LogP contribution is 2.31. The summed E-state index contributed by atoms with van der Waals surface area (Å²) in [5, 5.41) is 3.67. The normalized spacial score (nSPS) is 19.3. The van der Waals surface area contributed by atoms with Crippen LogP contribution in [0.4, 0.5) is 0 Å². The van der Waals surface area contributed by atoms with Gasteiger partial charge in [-0.1, -0.05) is 39.5 Å². The van der Waals surface area contributed by atoms with Crippen molar-refractivity contribution >= 4 is 0 Å². The van der Waals surface area contributed by atoms with Gasteiger partial charge in [-0.25, -0.2) is 0 Å². The summed E-state index contributed by atoms with van der Waals surface area (Å²) in [5.74, 6) is 1.08. The van der Waals surface area contributed by atoms with Crippen LogP contribution in [0, 0.1) is 5.92 Å². The molecule has 0 amide bonds. The Kier molecular flexibility index (Phi) is 6.25. The van der Waals surface area contributed by atoms with Crippen molar-refractivity contribution in [3.8, 4) is 0 Å². The van der Waals surface area contributed by atoms with Crippen LogP contribution < -0.4 is 5.32 Å². The molecular formula is C13H27N. The van der Waals surface area contributed by atoms with Gasteiger partial charge in [0.2, 0.25) is 0 Å². The zero-order chi connectivity index (χ0) is 10.2. The van der Waals surface area contributed by atoms with Crippen molar-refractivity contribution in [1.29, 1.82) is 0 Å². The van der Waals surface area contributed by atoms with E-state index in [2.05, 4.69) is 19.2 Å². The summed E-state index contributed by atoms with van der Waals surface area (Å²) >= 11 is 0. The van der Waals surface area contributed by atoms with Crippen molar-refractivity contribution in [3.63, 3.8) is 0 Å². The Hall–Kier alpha value is -0.0400. The summed E-state index contributed by atoms with van der Waals surface area (Å²) in [6.45, 7) is 5.75. The maximum absolute atomic E-state index is 3.67. The van der Waals surface area contributed by atoms with Gasteiger partial charge in [-0.3, -0.25) is 0 Å². The molecule has 1 saturated carbocycles. The van der Waals surface area contributed by atoms with Gasteiger partial charge in [0.15, 0.2) is 0 Å². The van der Waals surface area contributed by atoms with Crippen molar-refractivity contribution in [2.75, 3.05) is 6.54 Å². The van der Waals surface area contributed by atoms with Crippen LogP contribution in [0.3, 0.4) is 0 Å². The molecule has 0 aromatic rings. The summed E-state index contributed by atoms with van der Waals surface area (Å²) < 4.78 is 0. The third-order valence-electron chi connectivity index (χ3n) is 3.47. The molecule has 1 rings (SSSR count). The Balaban J connectivity index is 2.06. The molecule has 1 heteroatoms. The monoisotopic (exact) mass is 197 g/mol. The highest BCUT2D eigenvalue weighted by Gasteiger charge is 2.18. The SMILES string of the molecule is CCCNC(CCC)CCC1CCC1. The van der Waals surface area contributed by atoms with Crippen LogP contribution >= 0.6 is 0 Å². The van der Waals surface area contributed by atoms with Crippen LogP contribution in [0.2, 0.25) is 0 Å². The molecule has 84 valence electrons. The summed E-state index contributed by atoms with van der Waals surface area (Å²) in [4.78, 5) is 0. The van der Waals surface area contributed by atoms with Gasteiger partial charge in [-0.15, -0.1) is 0 Å². The zero-order valence-electron chi connectivity index (χ0n) is 10.0. The van der Waals surface area contributed by atoms with E-state index in [1.807, 2.05) is 0 Å². The molecule has 14 heavy (non-hydrogen) atoms. The molecule has 1 aliphatic carbocycles. The second-order valence-electron chi connectivity index (χ2n) is 4.81. The van der Waals surface area contributed by atoms with Crippen LogP contribution in [0.1, 0.15) is 65.2 Å². The first-order valence-electron chi connectivity index (χ1n) is 6.60. The Morgan fingerprint density at radius 1 is 1.14 bits per heavy atom. The average molecular weight is 197 g/mol. The van der Waals surface area contributed by atoms with Crippen molar-refractivity contribution in [3.05, 3.63) is 0 Å². The molecule has 0 aromatic carbocycles. The molecule has 1 N–H and O–H groups in total. The first kappa shape index (κ1) is 12.0. The van der Waals surface area contributed by atoms with E-state index in [4.69, 9.17) is 0 Å². The largest absolute Gasteiger partial charge is 0.314 e. The maximum atomic E-state index is 3.67. The topological polar surface area (TPSA) is 12.0 Å². The van der Waals surface area contributed by atoms with Crippen LogP contribution in [0.15, 0.2) is 0 Å². The predicted molar refractivity (Wildman–Crippen MR) is 63.6 cm³/mol. The van der Waals surface area contributed by atoms with E-state index in [0.717, 1.165) is 12.0 Å². The number of rotatable bonds is 8. The molecular weight excluding hydrogens is 170 g/mol. The molecule has 0 spiro atoms. The predicted octanol–water partition coefficient (Wildman–Crippen LogP) is 3.74. The van der Waals surface area contributed by atoms with E-state index in [-0.39, 0.29) is 0 Å². The quantitative estimate of drug-likeness (QED) is 0.625. The fourth-order valence-electron chi connectivity index (χ4n) is 2.26. The highest BCUT2D eigenvalue weighted by molar-refractivity contribution is 4.74. The number of nitrogens with one attached hydrogen (secondary N) is 1. The van der Waals surface area contributed by atoms with Crippen molar-refractivity contribution in [2.24, 2.45) is 5.92 Å². The number of hydrogen-bond donors (Lipinski definition) is 1. The summed E-state index contributed by atoms with van der Waals surface area (Å²) in [6, 6.07) is 0.806. The van der Waals surface area contributed by atoms with Gasteiger partial charge in [0.05, 0.1) is 0 Å². The van der Waals surface area contributed by atoms with Crippen molar-refractivity contribution in [2.45, 2.75) is 71.3 Å².